The molecule has 0 fully saturated rings. The Balaban J connectivity index is 2.51. The van der Waals surface area contributed by atoms with Gasteiger partial charge in [0, 0.05) is 13.2 Å². The molecule has 0 bridgehead atoms. The molecule has 0 aliphatic rings. The summed E-state index contributed by atoms with van der Waals surface area (Å²) in [5.74, 6) is -0.361. The first kappa shape index (κ1) is 9.02. The van der Waals surface area contributed by atoms with Crippen molar-refractivity contribution in [2.24, 2.45) is 0 Å². The lowest BCUT2D eigenvalue weighted by Crippen LogP contribution is -2.14. The summed E-state index contributed by atoms with van der Waals surface area (Å²) in [4.78, 5) is 11.4. The van der Waals surface area contributed by atoms with Crippen molar-refractivity contribution in [2.45, 2.75) is 13.0 Å². The Labute approximate surface area is 80.4 Å². The lowest BCUT2D eigenvalue weighted by Gasteiger charge is -1.98. The third-order valence-corrected chi connectivity index (χ3v) is 2.11. The molecule has 74 valence electrons. The number of aryl methyl sites for hydroxylation is 1. The molecule has 0 aliphatic heterocycles. The van der Waals surface area contributed by atoms with E-state index in [1.54, 1.807) is 6.07 Å². The molecule has 0 saturated heterocycles. The topological polar surface area (TPSA) is 55.4 Å². The molecule has 2 aromatic rings. The number of aliphatic hydroxyl groups excluding tert-OH is 1. The first-order chi connectivity index (χ1) is 6.83. The Morgan fingerprint density at radius 3 is 2.93 bits per heavy atom. The van der Waals surface area contributed by atoms with Gasteiger partial charge in [0.25, 0.3) is 0 Å². The van der Waals surface area contributed by atoms with Gasteiger partial charge in [-0.3, -0.25) is 4.57 Å². The predicted molar refractivity (Wildman–Crippen MR) is 52.2 cm³/mol. The van der Waals surface area contributed by atoms with Gasteiger partial charge in [-0.25, -0.2) is 4.79 Å². The van der Waals surface area contributed by atoms with Crippen LogP contribution in [0.4, 0.5) is 0 Å². The summed E-state index contributed by atoms with van der Waals surface area (Å²) in [6.07, 6.45) is 0.559. The fraction of sp³-hybridized carbons (Fsp3) is 0.300. The van der Waals surface area contributed by atoms with Crippen molar-refractivity contribution in [2.75, 3.05) is 6.61 Å². The summed E-state index contributed by atoms with van der Waals surface area (Å²) in [5.41, 5.74) is 1.38. The standard InChI is InChI=1S/C10H11NO3/c12-7-3-6-11-8-4-1-2-5-9(8)14-10(11)13/h1-2,4-5,12H,3,6-7H2. The van der Waals surface area contributed by atoms with E-state index in [9.17, 15) is 4.79 Å². The molecule has 0 radical (unpaired) electrons. The average molecular weight is 193 g/mol. The molecule has 4 heteroatoms. The third kappa shape index (κ3) is 1.44. The number of aliphatic hydroxyl groups is 1. The van der Waals surface area contributed by atoms with Crippen LogP contribution in [0.3, 0.4) is 0 Å². The molecular formula is C10H11NO3. The van der Waals surface area contributed by atoms with Crippen molar-refractivity contribution in [1.29, 1.82) is 0 Å². The van der Waals surface area contributed by atoms with E-state index in [1.165, 1.54) is 4.57 Å². The van der Waals surface area contributed by atoms with E-state index in [0.29, 0.717) is 18.5 Å². The molecule has 4 nitrogen and oxygen atoms in total. The van der Waals surface area contributed by atoms with E-state index < -0.39 is 0 Å². The second kappa shape index (κ2) is 3.67. The molecular weight excluding hydrogens is 182 g/mol. The lowest BCUT2D eigenvalue weighted by molar-refractivity contribution is 0.278. The van der Waals surface area contributed by atoms with Crippen LogP contribution >= 0.6 is 0 Å². The number of benzene rings is 1. The van der Waals surface area contributed by atoms with Gasteiger partial charge in [0.05, 0.1) is 5.52 Å². The van der Waals surface area contributed by atoms with Crippen molar-refractivity contribution in [3.8, 4) is 0 Å². The van der Waals surface area contributed by atoms with Crippen LogP contribution in [0, 0.1) is 0 Å². The third-order valence-electron chi connectivity index (χ3n) is 2.11. The maximum absolute atomic E-state index is 11.4. The first-order valence-corrected chi connectivity index (χ1v) is 4.52. The number of hydrogen-bond donors (Lipinski definition) is 1. The summed E-state index contributed by atoms with van der Waals surface area (Å²) in [5, 5.41) is 8.68. The van der Waals surface area contributed by atoms with Crippen molar-refractivity contribution >= 4 is 11.1 Å². The monoisotopic (exact) mass is 193 g/mol. The largest absolute Gasteiger partial charge is 0.419 e. The van der Waals surface area contributed by atoms with Crippen molar-refractivity contribution in [3.63, 3.8) is 0 Å². The van der Waals surface area contributed by atoms with Crippen molar-refractivity contribution < 1.29 is 9.52 Å². The van der Waals surface area contributed by atoms with E-state index in [4.69, 9.17) is 9.52 Å². The molecule has 2 rings (SSSR count). The molecule has 1 N–H and O–H groups in total. The quantitative estimate of drug-likeness (QED) is 0.790. The maximum Gasteiger partial charge on any atom is 0.419 e. The molecule has 0 atom stereocenters. The number of hydrogen-bond acceptors (Lipinski definition) is 3. The zero-order valence-electron chi connectivity index (χ0n) is 7.64. The van der Waals surface area contributed by atoms with E-state index in [0.717, 1.165) is 5.52 Å². The Morgan fingerprint density at radius 1 is 1.36 bits per heavy atom. The number of fused-ring (bicyclic) bond motifs is 1. The average Bonchev–Trinajstić information content (AvgIpc) is 2.51. The fourth-order valence-corrected chi connectivity index (χ4v) is 1.45. The summed E-state index contributed by atoms with van der Waals surface area (Å²) in [6, 6.07) is 7.26. The number of nitrogens with zero attached hydrogens (tertiary/aromatic N) is 1. The first-order valence-electron chi connectivity index (χ1n) is 4.52. The molecule has 14 heavy (non-hydrogen) atoms. The van der Waals surface area contributed by atoms with Gasteiger partial charge in [0.15, 0.2) is 5.58 Å². The SMILES string of the molecule is O=c1oc2ccccc2n1CCCO. The highest BCUT2D eigenvalue weighted by Gasteiger charge is 2.06. The summed E-state index contributed by atoms with van der Waals surface area (Å²) in [7, 11) is 0. The number of oxazole rings is 1. The number of para-hydroxylation sites is 2. The van der Waals surface area contributed by atoms with Crippen LogP contribution in [0.25, 0.3) is 11.1 Å². The number of aromatic nitrogens is 1. The maximum atomic E-state index is 11.4. The molecule has 0 aliphatic carbocycles. The molecule has 0 saturated carbocycles. The van der Waals surface area contributed by atoms with Gasteiger partial charge in [-0.15, -0.1) is 0 Å². The van der Waals surface area contributed by atoms with E-state index in [-0.39, 0.29) is 12.4 Å². The van der Waals surface area contributed by atoms with Crippen LogP contribution < -0.4 is 5.76 Å². The van der Waals surface area contributed by atoms with Crippen LogP contribution in [-0.2, 0) is 6.54 Å². The Hall–Kier alpha value is -1.55. The van der Waals surface area contributed by atoms with Gasteiger partial charge in [-0.2, -0.15) is 0 Å². The number of rotatable bonds is 3. The lowest BCUT2D eigenvalue weighted by atomic mass is 10.3. The van der Waals surface area contributed by atoms with Gasteiger partial charge < -0.3 is 9.52 Å². The van der Waals surface area contributed by atoms with E-state index >= 15 is 0 Å². The van der Waals surface area contributed by atoms with Crippen LogP contribution in [0.2, 0.25) is 0 Å². The minimum absolute atomic E-state index is 0.0753. The minimum atomic E-state index is -0.361. The highest BCUT2D eigenvalue weighted by Crippen LogP contribution is 2.11. The Kier molecular flexibility index (Phi) is 2.37. The van der Waals surface area contributed by atoms with Gasteiger partial charge in [-0.1, -0.05) is 12.1 Å². The minimum Gasteiger partial charge on any atom is -0.408 e. The second-order valence-electron chi connectivity index (χ2n) is 3.06. The highest BCUT2D eigenvalue weighted by atomic mass is 16.4. The normalized spacial score (nSPS) is 10.9. The zero-order valence-corrected chi connectivity index (χ0v) is 7.64. The van der Waals surface area contributed by atoms with Crippen molar-refractivity contribution in [3.05, 3.63) is 34.8 Å². The van der Waals surface area contributed by atoms with Crippen LogP contribution in [0.5, 0.6) is 0 Å². The second-order valence-corrected chi connectivity index (χ2v) is 3.06. The van der Waals surface area contributed by atoms with Gasteiger partial charge in [0.1, 0.15) is 0 Å². The molecule has 1 aromatic heterocycles. The van der Waals surface area contributed by atoms with Crippen LogP contribution in [-0.4, -0.2) is 16.3 Å². The Bertz CT molecular complexity index is 483. The van der Waals surface area contributed by atoms with Gasteiger partial charge in [0.2, 0.25) is 0 Å². The van der Waals surface area contributed by atoms with Gasteiger partial charge in [-0.05, 0) is 18.6 Å². The van der Waals surface area contributed by atoms with Crippen LogP contribution in [0.15, 0.2) is 33.5 Å². The Morgan fingerprint density at radius 2 is 2.14 bits per heavy atom. The van der Waals surface area contributed by atoms with E-state index in [2.05, 4.69) is 0 Å². The summed E-state index contributed by atoms with van der Waals surface area (Å²) < 4.78 is 6.56. The summed E-state index contributed by atoms with van der Waals surface area (Å²) in [6.45, 7) is 0.568. The fourth-order valence-electron chi connectivity index (χ4n) is 1.45. The van der Waals surface area contributed by atoms with Crippen molar-refractivity contribution in [1.82, 2.24) is 4.57 Å². The molecule has 0 unspecified atom stereocenters. The molecule has 1 aromatic carbocycles. The molecule has 0 amide bonds. The molecule has 0 spiro atoms. The highest BCUT2D eigenvalue weighted by molar-refractivity contribution is 5.72. The summed E-state index contributed by atoms with van der Waals surface area (Å²) >= 11 is 0. The van der Waals surface area contributed by atoms with Crippen LogP contribution in [0.1, 0.15) is 6.42 Å². The predicted octanol–water partition coefficient (Wildman–Crippen LogP) is 0.977. The zero-order chi connectivity index (χ0) is 9.97. The smallest absolute Gasteiger partial charge is 0.408 e. The van der Waals surface area contributed by atoms with Gasteiger partial charge >= 0.3 is 5.76 Å². The van der Waals surface area contributed by atoms with E-state index in [1.807, 2.05) is 18.2 Å². The molecule has 1 heterocycles.